The molecule has 2 aromatic heterocycles. The van der Waals surface area contributed by atoms with E-state index in [0.29, 0.717) is 21.5 Å². The van der Waals surface area contributed by atoms with E-state index in [1.54, 1.807) is 0 Å². The molecule has 0 N–H and O–H groups in total. The molecule has 0 amide bonds. The fraction of sp³-hybridized carbons (Fsp3) is 0.143. The molecule has 0 spiro atoms. The Bertz CT molecular complexity index is 1290. The van der Waals surface area contributed by atoms with Crippen LogP contribution in [0, 0.1) is 11.3 Å². The maximum Gasteiger partial charge on any atom is 0.502 e. The predicted molar refractivity (Wildman–Crippen MR) is 91.5 cm³/mol. The number of hydrogen-bond acceptors (Lipinski definition) is 6. The third-order valence-corrected chi connectivity index (χ3v) is 5.79. The zero-order valence-electron chi connectivity index (χ0n) is 14.2. The first-order valence-electron chi connectivity index (χ1n) is 7.46. The highest BCUT2D eigenvalue weighted by Gasteiger charge is 2.51. The molecule has 0 saturated carbocycles. The van der Waals surface area contributed by atoms with Crippen molar-refractivity contribution in [1.29, 1.82) is 5.26 Å². The molecule has 2 heterocycles. The van der Waals surface area contributed by atoms with Crippen LogP contribution in [-0.4, -0.2) is 38.5 Å². The maximum absolute atomic E-state index is 13.3. The van der Waals surface area contributed by atoms with Crippen LogP contribution >= 0.6 is 23.2 Å². The number of sulfone groups is 1. The van der Waals surface area contributed by atoms with Gasteiger partial charge >= 0.3 is 11.7 Å². The monoisotopic (exact) mass is 504 g/mol. The summed E-state index contributed by atoms with van der Waals surface area (Å²) in [5.41, 5.74) is -8.99. The van der Waals surface area contributed by atoms with Gasteiger partial charge in [0.2, 0.25) is 0 Å². The number of aromatic nitrogens is 5. The highest BCUT2D eigenvalue weighted by atomic mass is 35.5. The molecule has 0 aliphatic rings. The fourth-order valence-electron chi connectivity index (χ4n) is 2.44. The molecule has 3 aromatic rings. The van der Waals surface area contributed by atoms with Crippen molar-refractivity contribution in [3.63, 3.8) is 0 Å². The van der Waals surface area contributed by atoms with E-state index < -0.39 is 59.2 Å². The Labute approximate surface area is 178 Å². The van der Waals surface area contributed by atoms with Crippen LogP contribution in [0.3, 0.4) is 0 Å². The van der Waals surface area contributed by atoms with E-state index in [4.69, 9.17) is 23.2 Å². The summed E-state index contributed by atoms with van der Waals surface area (Å²) >= 11 is 11.7. The van der Waals surface area contributed by atoms with Crippen molar-refractivity contribution in [1.82, 2.24) is 24.5 Å². The molecule has 0 aliphatic heterocycles. The minimum absolute atomic E-state index is 0.372. The number of nitrogens with zero attached hydrogens (tertiary/aromatic N) is 6. The van der Waals surface area contributed by atoms with Crippen LogP contribution in [0.5, 0.6) is 0 Å². The summed E-state index contributed by atoms with van der Waals surface area (Å²) < 4.78 is 104. The number of alkyl halides is 6. The molecule has 0 radical (unpaired) electrons. The van der Waals surface area contributed by atoms with Crippen molar-refractivity contribution in [3.05, 3.63) is 46.1 Å². The topological polar surface area (TPSA) is 106 Å². The third-order valence-electron chi connectivity index (χ3n) is 3.69. The van der Waals surface area contributed by atoms with Crippen LogP contribution in [0.25, 0.3) is 11.5 Å². The minimum atomic E-state index is -6.18. The molecule has 0 saturated heterocycles. The standard InChI is InChI=1S/C14H4Cl2F6N6O2S/c15-7-1-6(13(17,18)19)2-8(16)10(7)28-12(27-5-24-4-25-27)11(9(3-23)26-28)31(29,30)14(20,21)22/h1-2,4-5H. The summed E-state index contributed by atoms with van der Waals surface area (Å²) in [6.45, 7) is 0. The van der Waals surface area contributed by atoms with Crippen LogP contribution < -0.4 is 0 Å². The van der Waals surface area contributed by atoms with Gasteiger partial charge in [0.1, 0.15) is 24.4 Å². The Morgan fingerprint density at radius 3 is 2.06 bits per heavy atom. The number of nitriles is 1. The Morgan fingerprint density at radius 2 is 1.65 bits per heavy atom. The van der Waals surface area contributed by atoms with Gasteiger partial charge in [-0.1, -0.05) is 23.2 Å². The van der Waals surface area contributed by atoms with Gasteiger partial charge in [-0.3, -0.25) is 0 Å². The first kappa shape index (κ1) is 22.8. The van der Waals surface area contributed by atoms with Crippen molar-refractivity contribution in [3.8, 4) is 17.6 Å². The van der Waals surface area contributed by atoms with E-state index in [1.165, 1.54) is 6.07 Å². The highest BCUT2D eigenvalue weighted by molar-refractivity contribution is 7.92. The zero-order chi connectivity index (χ0) is 23.4. The fourth-order valence-corrected chi connectivity index (χ4v) is 4.08. The van der Waals surface area contributed by atoms with E-state index >= 15 is 0 Å². The lowest BCUT2D eigenvalue weighted by molar-refractivity contribution is -0.137. The van der Waals surface area contributed by atoms with Gasteiger partial charge in [0, 0.05) is 0 Å². The second-order valence-corrected chi connectivity index (χ2v) is 8.29. The molecule has 8 nitrogen and oxygen atoms in total. The summed E-state index contributed by atoms with van der Waals surface area (Å²) in [6, 6.07) is 2.01. The lowest BCUT2D eigenvalue weighted by atomic mass is 10.2. The Hall–Kier alpha value is -2.83. The van der Waals surface area contributed by atoms with Crippen molar-refractivity contribution in [2.45, 2.75) is 16.6 Å². The van der Waals surface area contributed by atoms with Gasteiger partial charge in [0.15, 0.2) is 16.4 Å². The first-order valence-corrected chi connectivity index (χ1v) is 9.70. The predicted octanol–water partition coefficient (Wildman–Crippen LogP) is 3.94. The van der Waals surface area contributed by atoms with E-state index in [-0.39, 0.29) is 0 Å². The lowest BCUT2D eigenvalue weighted by Crippen LogP contribution is -2.25. The SMILES string of the molecule is N#Cc1nn(-c2c(Cl)cc(C(F)(F)F)cc2Cl)c(-n2cncn2)c1S(=O)(=O)C(F)(F)F. The van der Waals surface area contributed by atoms with Gasteiger partial charge in [-0.25, -0.2) is 22.8 Å². The molecule has 1 aromatic carbocycles. The average molecular weight is 505 g/mol. The normalized spacial score (nSPS) is 12.7. The summed E-state index contributed by atoms with van der Waals surface area (Å²) in [7, 11) is -6.18. The molecule has 17 heteroatoms. The first-order chi connectivity index (χ1) is 14.2. The van der Waals surface area contributed by atoms with Crippen LogP contribution in [0.4, 0.5) is 26.3 Å². The van der Waals surface area contributed by atoms with Gasteiger partial charge in [-0.15, -0.1) is 0 Å². The summed E-state index contributed by atoms with van der Waals surface area (Å²) in [5.74, 6) is -0.991. The molecule has 164 valence electrons. The maximum atomic E-state index is 13.3. The average Bonchev–Trinajstić information content (AvgIpc) is 3.26. The zero-order valence-corrected chi connectivity index (χ0v) is 16.6. The van der Waals surface area contributed by atoms with Crippen molar-refractivity contribution < 1.29 is 34.8 Å². The van der Waals surface area contributed by atoms with Gasteiger partial charge in [0.05, 0.1) is 15.6 Å². The molecule has 0 unspecified atom stereocenters. The molecular formula is C14H4Cl2F6N6O2S. The van der Waals surface area contributed by atoms with Gasteiger partial charge in [-0.2, -0.15) is 41.8 Å². The smallest absolute Gasteiger partial charge is 0.223 e. The Morgan fingerprint density at radius 1 is 1.06 bits per heavy atom. The number of rotatable bonds is 3. The second kappa shape index (κ2) is 7.39. The Balaban J connectivity index is 2.46. The van der Waals surface area contributed by atoms with E-state index in [0.717, 1.165) is 12.7 Å². The minimum Gasteiger partial charge on any atom is -0.223 e. The van der Waals surface area contributed by atoms with Gasteiger partial charge in [-0.05, 0) is 12.1 Å². The molecule has 3 rings (SSSR count). The quantitative estimate of drug-likeness (QED) is 0.500. The third kappa shape index (κ3) is 3.82. The van der Waals surface area contributed by atoms with Gasteiger partial charge in [0.25, 0.3) is 9.84 Å². The van der Waals surface area contributed by atoms with Crippen LogP contribution in [0.2, 0.25) is 10.0 Å². The molecule has 0 bridgehead atoms. The molecule has 0 fully saturated rings. The van der Waals surface area contributed by atoms with E-state index in [2.05, 4.69) is 15.2 Å². The highest BCUT2D eigenvalue weighted by Crippen LogP contribution is 2.41. The number of hydrogen-bond donors (Lipinski definition) is 0. The van der Waals surface area contributed by atoms with Crippen molar-refractivity contribution >= 4 is 33.0 Å². The molecule has 0 atom stereocenters. The van der Waals surface area contributed by atoms with Crippen LogP contribution in [-0.2, 0) is 16.0 Å². The summed E-state index contributed by atoms with van der Waals surface area (Å²) in [4.78, 5) is 1.87. The van der Waals surface area contributed by atoms with Crippen LogP contribution in [0.15, 0.2) is 29.7 Å². The summed E-state index contributed by atoms with van der Waals surface area (Å²) in [6.07, 6.45) is -3.27. The lowest BCUT2D eigenvalue weighted by Gasteiger charge is -2.15. The molecule has 31 heavy (non-hydrogen) atoms. The van der Waals surface area contributed by atoms with Crippen LogP contribution in [0.1, 0.15) is 11.3 Å². The van der Waals surface area contributed by atoms with Gasteiger partial charge < -0.3 is 0 Å². The number of benzene rings is 1. The second-order valence-electron chi connectivity index (χ2n) is 5.60. The molecular weight excluding hydrogens is 501 g/mol. The summed E-state index contributed by atoms with van der Waals surface area (Å²) in [5, 5.41) is 14.7. The van der Waals surface area contributed by atoms with E-state index in [9.17, 15) is 40.0 Å². The van der Waals surface area contributed by atoms with E-state index in [1.807, 2.05) is 0 Å². The Kier molecular flexibility index (Phi) is 5.45. The van der Waals surface area contributed by atoms with Crippen molar-refractivity contribution in [2.75, 3.05) is 0 Å². The largest absolute Gasteiger partial charge is 0.502 e. The molecule has 0 aliphatic carbocycles. The number of halogens is 8. The van der Waals surface area contributed by atoms with Crippen molar-refractivity contribution in [2.24, 2.45) is 0 Å².